The van der Waals surface area contributed by atoms with Crippen molar-refractivity contribution < 1.29 is 9.59 Å². The fourth-order valence-electron chi connectivity index (χ4n) is 3.28. The van der Waals surface area contributed by atoms with Gasteiger partial charge in [-0.3, -0.25) is 9.59 Å². The van der Waals surface area contributed by atoms with E-state index in [1.54, 1.807) is 4.90 Å². The fraction of sp³-hybridized carbons (Fsp3) is 0.474. The Morgan fingerprint density at radius 2 is 2.04 bits per heavy atom. The van der Waals surface area contributed by atoms with Gasteiger partial charge >= 0.3 is 0 Å². The van der Waals surface area contributed by atoms with E-state index in [1.807, 2.05) is 31.2 Å². The molecule has 1 aromatic carbocycles. The molecule has 7 heteroatoms. The van der Waals surface area contributed by atoms with Crippen LogP contribution >= 0.6 is 11.3 Å². The maximum absolute atomic E-state index is 12.6. The number of para-hydroxylation sites is 1. The molecule has 1 aliphatic heterocycles. The van der Waals surface area contributed by atoms with E-state index in [0.29, 0.717) is 17.6 Å². The highest BCUT2D eigenvalue weighted by molar-refractivity contribution is 7.15. The first-order valence-corrected chi connectivity index (χ1v) is 9.85. The van der Waals surface area contributed by atoms with Gasteiger partial charge in [-0.25, -0.2) is 0 Å². The van der Waals surface area contributed by atoms with Gasteiger partial charge in [0, 0.05) is 24.6 Å². The minimum absolute atomic E-state index is 0.0190. The zero-order valence-corrected chi connectivity index (χ0v) is 16.2. The highest BCUT2D eigenvalue weighted by Crippen LogP contribution is 2.30. The molecule has 0 radical (unpaired) electrons. The van der Waals surface area contributed by atoms with Crippen LogP contribution in [0.2, 0.25) is 0 Å². The number of nitrogens with one attached hydrogen (secondary N) is 1. The Hall–Kier alpha value is -2.28. The molecule has 3 rings (SSSR count). The summed E-state index contributed by atoms with van der Waals surface area (Å²) in [4.78, 5) is 26.7. The van der Waals surface area contributed by atoms with Gasteiger partial charge in [0.05, 0.1) is 5.92 Å². The van der Waals surface area contributed by atoms with Crippen molar-refractivity contribution in [2.24, 2.45) is 5.92 Å². The molecule has 1 fully saturated rings. The van der Waals surface area contributed by atoms with Gasteiger partial charge in [-0.1, -0.05) is 43.4 Å². The Balaban J connectivity index is 1.66. The molecule has 1 N–H and O–H groups in total. The van der Waals surface area contributed by atoms with Crippen molar-refractivity contribution in [3.8, 4) is 0 Å². The first kappa shape index (κ1) is 18.5. The fourth-order valence-corrected chi connectivity index (χ4v) is 4.29. The van der Waals surface area contributed by atoms with Crippen molar-refractivity contribution >= 4 is 34.0 Å². The van der Waals surface area contributed by atoms with Crippen LogP contribution in [0.15, 0.2) is 24.3 Å². The number of benzene rings is 1. The van der Waals surface area contributed by atoms with Crippen LogP contribution in [-0.2, 0) is 9.59 Å². The van der Waals surface area contributed by atoms with Crippen LogP contribution in [0.25, 0.3) is 0 Å². The number of rotatable bonds is 6. The van der Waals surface area contributed by atoms with Crippen molar-refractivity contribution in [2.45, 2.75) is 46.0 Å². The number of anilines is 2. The Bertz CT molecular complexity index is 800. The first-order chi connectivity index (χ1) is 12.5. The molecular weight excluding hydrogens is 348 g/mol. The molecule has 0 unspecified atom stereocenters. The lowest BCUT2D eigenvalue weighted by molar-refractivity contribution is -0.122. The van der Waals surface area contributed by atoms with Crippen LogP contribution in [0.3, 0.4) is 0 Å². The number of carbonyl (C=O) groups excluding carboxylic acids is 2. The molecule has 6 nitrogen and oxygen atoms in total. The molecule has 0 bridgehead atoms. The quantitative estimate of drug-likeness (QED) is 0.838. The minimum Gasteiger partial charge on any atom is -0.311 e. The molecule has 138 valence electrons. The standard InChI is InChI=1S/C19H24N4O2S/c1-4-13(5-2)18-21-22-19(26-18)20-17(25)14-10-16(24)23(11-14)15-9-7-6-8-12(15)3/h6-9,13-14H,4-5,10-11H2,1-3H3,(H,20,22,25)/t14-/m0/s1. The van der Waals surface area contributed by atoms with E-state index in [2.05, 4.69) is 29.4 Å². The lowest BCUT2D eigenvalue weighted by Crippen LogP contribution is -2.28. The zero-order valence-electron chi connectivity index (χ0n) is 15.4. The maximum atomic E-state index is 12.6. The van der Waals surface area contributed by atoms with Gasteiger partial charge in [-0.2, -0.15) is 0 Å². The predicted molar refractivity (Wildman–Crippen MR) is 104 cm³/mol. The van der Waals surface area contributed by atoms with E-state index >= 15 is 0 Å². The average molecular weight is 372 g/mol. The van der Waals surface area contributed by atoms with Crippen LogP contribution in [0.5, 0.6) is 0 Å². The Morgan fingerprint density at radius 1 is 1.31 bits per heavy atom. The molecule has 2 amide bonds. The number of nitrogens with zero attached hydrogens (tertiary/aromatic N) is 3. The van der Waals surface area contributed by atoms with Gasteiger partial charge in [0.2, 0.25) is 16.9 Å². The van der Waals surface area contributed by atoms with Gasteiger partial charge in [0.25, 0.3) is 0 Å². The molecule has 1 atom stereocenters. The summed E-state index contributed by atoms with van der Waals surface area (Å²) < 4.78 is 0. The lowest BCUT2D eigenvalue weighted by atomic mass is 10.1. The highest BCUT2D eigenvalue weighted by Gasteiger charge is 2.36. The second-order valence-corrected chi connectivity index (χ2v) is 7.65. The van der Waals surface area contributed by atoms with Crippen molar-refractivity contribution in [1.82, 2.24) is 10.2 Å². The second kappa shape index (κ2) is 7.95. The predicted octanol–water partition coefficient (Wildman–Crippen LogP) is 3.74. The summed E-state index contributed by atoms with van der Waals surface area (Å²) in [6, 6.07) is 7.73. The maximum Gasteiger partial charge on any atom is 0.231 e. The second-order valence-electron chi connectivity index (χ2n) is 6.64. The largest absolute Gasteiger partial charge is 0.311 e. The summed E-state index contributed by atoms with van der Waals surface area (Å²) in [6.45, 7) is 6.61. The van der Waals surface area contributed by atoms with E-state index in [-0.39, 0.29) is 24.2 Å². The van der Waals surface area contributed by atoms with Gasteiger partial charge in [-0.15, -0.1) is 10.2 Å². The third-order valence-corrected chi connectivity index (χ3v) is 5.91. The molecule has 1 aromatic heterocycles. The van der Waals surface area contributed by atoms with Gasteiger partial charge < -0.3 is 10.2 Å². The van der Waals surface area contributed by atoms with E-state index in [0.717, 1.165) is 29.1 Å². The molecule has 0 aliphatic carbocycles. The number of hydrogen-bond donors (Lipinski definition) is 1. The van der Waals surface area contributed by atoms with Crippen molar-refractivity contribution in [3.05, 3.63) is 34.8 Å². The average Bonchev–Trinajstić information content (AvgIpc) is 3.24. The number of carbonyl (C=O) groups is 2. The topological polar surface area (TPSA) is 75.2 Å². The first-order valence-electron chi connectivity index (χ1n) is 9.03. The number of amides is 2. The SMILES string of the molecule is CCC(CC)c1nnc(NC(=O)[C@H]2CC(=O)N(c3ccccc3C)C2)s1. The Kier molecular flexibility index (Phi) is 5.66. The third kappa shape index (κ3) is 3.77. The molecule has 0 saturated carbocycles. The van der Waals surface area contributed by atoms with Crippen molar-refractivity contribution in [3.63, 3.8) is 0 Å². The number of aromatic nitrogens is 2. The molecular formula is C19H24N4O2S. The van der Waals surface area contributed by atoms with Crippen LogP contribution in [0, 0.1) is 12.8 Å². The zero-order chi connectivity index (χ0) is 18.7. The van der Waals surface area contributed by atoms with E-state index in [9.17, 15) is 9.59 Å². The van der Waals surface area contributed by atoms with Crippen LogP contribution in [0.1, 0.15) is 49.6 Å². The normalized spacial score (nSPS) is 17.2. The third-order valence-electron chi connectivity index (χ3n) is 4.91. The summed E-state index contributed by atoms with van der Waals surface area (Å²) in [6.07, 6.45) is 2.22. The van der Waals surface area contributed by atoms with Crippen LogP contribution in [-0.4, -0.2) is 28.6 Å². The Morgan fingerprint density at radius 3 is 2.73 bits per heavy atom. The van der Waals surface area contributed by atoms with Crippen molar-refractivity contribution in [2.75, 3.05) is 16.8 Å². The van der Waals surface area contributed by atoms with E-state index in [4.69, 9.17) is 0 Å². The summed E-state index contributed by atoms with van der Waals surface area (Å²) in [5, 5.41) is 12.6. The smallest absolute Gasteiger partial charge is 0.231 e. The summed E-state index contributed by atoms with van der Waals surface area (Å²) in [5.41, 5.74) is 1.90. The molecule has 2 heterocycles. The van der Waals surface area contributed by atoms with E-state index in [1.165, 1.54) is 11.3 Å². The number of aryl methyl sites for hydroxylation is 1. The van der Waals surface area contributed by atoms with Crippen LogP contribution in [0.4, 0.5) is 10.8 Å². The van der Waals surface area contributed by atoms with E-state index < -0.39 is 0 Å². The monoisotopic (exact) mass is 372 g/mol. The minimum atomic E-state index is -0.373. The lowest BCUT2D eigenvalue weighted by Gasteiger charge is -2.18. The van der Waals surface area contributed by atoms with Crippen molar-refractivity contribution in [1.29, 1.82) is 0 Å². The van der Waals surface area contributed by atoms with Gasteiger partial charge in [0.15, 0.2) is 0 Å². The molecule has 0 spiro atoms. The van der Waals surface area contributed by atoms with Gasteiger partial charge in [0.1, 0.15) is 5.01 Å². The highest BCUT2D eigenvalue weighted by atomic mass is 32.1. The molecule has 1 aliphatic rings. The molecule has 1 saturated heterocycles. The van der Waals surface area contributed by atoms with Gasteiger partial charge in [-0.05, 0) is 31.4 Å². The number of hydrogen-bond acceptors (Lipinski definition) is 5. The summed E-state index contributed by atoms with van der Waals surface area (Å²) >= 11 is 1.42. The summed E-state index contributed by atoms with van der Waals surface area (Å²) in [7, 11) is 0. The Labute approximate surface area is 157 Å². The molecule has 26 heavy (non-hydrogen) atoms. The molecule has 2 aromatic rings. The van der Waals surface area contributed by atoms with Crippen LogP contribution < -0.4 is 10.2 Å². The summed E-state index contributed by atoms with van der Waals surface area (Å²) in [5.74, 6) is -0.179.